The van der Waals surface area contributed by atoms with Crippen LogP contribution in [0, 0.1) is 0 Å². The molecule has 1 heterocycles. The number of anilines is 1. The maximum atomic E-state index is 12.6. The van der Waals surface area contributed by atoms with Gasteiger partial charge < -0.3 is 14.6 Å². The lowest BCUT2D eigenvalue weighted by Gasteiger charge is -2.11. The molecule has 5 rings (SSSR count). The van der Waals surface area contributed by atoms with E-state index in [1.165, 1.54) is 17.3 Å². The summed E-state index contributed by atoms with van der Waals surface area (Å²) in [6.45, 7) is 0.711. The molecule has 1 aliphatic carbocycles. The van der Waals surface area contributed by atoms with Crippen LogP contribution in [0.2, 0.25) is 0 Å². The molecule has 7 heteroatoms. The number of carbonyl (C=O) groups excluding carboxylic acids is 1. The fourth-order valence-electron chi connectivity index (χ4n) is 3.55. The zero-order valence-electron chi connectivity index (χ0n) is 18.1. The Hall–Kier alpha value is -3.58. The number of amides is 1. The van der Waals surface area contributed by atoms with E-state index < -0.39 is 0 Å². The summed E-state index contributed by atoms with van der Waals surface area (Å²) in [6, 6.07) is 27.2. The molecule has 0 bridgehead atoms. The van der Waals surface area contributed by atoms with E-state index in [9.17, 15) is 4.79 Å². The number of nitrogens with zero attached hydrogens (tertiary/aromatic N) is 3. The molecule has 1 fully saturated rings. The van der Waals surface area contributed by atoms with Gasteiger partial charge in [-0.1, -0.05) is 66.4 Å². The van der Waals surface area contributed by atoms with Crippen molar-refractivity contribution in [3.63, 3.8) is 0 Å². The van der Waals surface area contributed by atoms with E-state index in [0.29, 0.717) is 23.9 Å². The molecule has 4 aromatic rings. The number of carbonyl (C=O) groups is 1. The minimum absolute atomic E-state index is 0.0981. The van der Waals surface area contributed by atoms with Crippen LogP contribution in [0.3, 0.4) is 0 Å². The second-order valence-electron chi connectivity index (χ2n) is 7.97. The molecule has 6 nitrogen and oxygen atoms in total. The monoisotopic (exact) mass is 456 g/mol. The lowest BCUT2D eigenvalue weighted by Crippen LogP contribution is -2.15. The van der Waals surface area contributed by atoms with Gasteiger partial charge in [0.1, 0.15) is 17.3 Å². The van der Waals surface area contributed by atoms with Crippen molar-refractivity contribution in [3.8, 4) is 11.5 Å². The van der Waals surface area contributed by atoms with Gasteiger partial charge in [-0.15, -0.1) is 10.2 Å². The summed E-state index contributed by atoms with van der Waals surface area (Å²) < 4.78 is 8.01. The number of nitrogens with one attached hydrogen (secondary N) is 1. The Bertz CT molecular complexity index is 1220. The summed E-state index contributed by atoms with van der Waals surface area (Å²) >= 11 is 1.41. The van der Waals surface area contributed by atoms with E-state index in [2.05, 4.69) is 32.2 Å². The topological polar surface area (TPSA) is 69.0 Å². The number of aromatic nitrogens is 3. The summed E-state index contributed by atoms with van der Waals surface area (Å²) in [6.07, 6.45) is 2.30. The lowest BCUT2D eigenvalue weighted by atomic mass is 10.2. The first kappa shape index (κ1) is 21.3. The predicted molar refractivity (Wildman–Crippen MR) is 130 cm³/mol. The van der Waals surface area contributed by atoms with Gasteiger partial charge in [-0.05, 0) is 42.7 Å². The number of benzene rings is 3. The number of hydrogen-bond acceptors (Lipinski definition) is 5. The highest BCUT2D eigenvalue weighted by atomic mass is 32.2. The smallest absolute Gasteiger partial charge is 0.234 e. The van der Waals surface area contributed by atoms with E-state index in [-0.39, 0.29) is 11.7 Å². The molecule has 3 aromatic carbocycles. The fraction of sp³-hybridized carbons (Fsp3) is 0.192. The summed E-state index contributed by atoms with van der Waals surface area (Å²) in [4.78, 5) is 12.6. The molecule has 0 spiro atoms. The van der Waals surface area contributed by atoms with Crippen LogP contribution in [-0.4, -0.2) is 26.4 Å². The Morgan fingerprint density at radius 2 is 1.67 bits per heavy atom. The highest BCUT2D eigenvalue weighted by Gasteiger charge is 2.30. The number of ether oxygens (including phenoxy) is 1. The number of para-hydroxylation sites is 1. The number of hydrogen-bond donors (Lipinski definition) is 1. The summed E-state index contributed by atoms with van der Waals surface area (Å²) in [5.74, 6) is 3.08. The van der Waals surface area contributed by atoms with Gasteiger partial charge in [-0.25, -0.2) is 0 Å². The van der Waals surface area contributed by atoms with Gasteiger partial charge in [0.25, 0.3) is 0 Å². The third kappa shape index (κ3) is 5.62. The average molecular weight is 457 g/mol. The van der Waals surface area contributed by atoms with E-state index in [1.54, 1.807) is 0 Å². The maximum absolute atomic E-state index is 12.6. The van der Waals surface area contributed by atoms with E-state index in [1.807, 2.05) is 72.8 Å². The van der Waals surface area contributed by atoms with E-state index in [0.717, 1.165) is 29.6 Å². The lowest BCUT2D eigenvalue weighted by molar-refractivity contribution is -0.113. The highest BCUT2D eigenvalue weighted by Crippen LogP contribution is 2.40. The van der Waals surface area contributed by atoms with Crippen LogP contribution in [0.25, 0.3) is 0 Å². The Labute approximate surface area is 197 Å². The molecular formula is C26H24N4O2S. The molecule has 0 atom stereocenters. The standard InChI is InChI=1S/C26H24N4O2S/c31-24(27-21-10-7-13-23(16-21)32-22-11-5-2-6-12-22)18-33-26-29-28-25(20-14-15-20)30(26)17-19-8-3-1-4-9-19/h1-13,16,20H,14-15,17-18H2,(H,27,31). The minimum Gasteiger partial charge on any atom is -0.457 e. The quantitative estimate of drug-likeness (QED) is 0.326. The Morgan fingerprint density at radius 3 is 2.42 bits per heavy atom. The van der Waals surface area contributed by atoms with Crippen LogP contribution in [0.1, 0.15) is 30.1 Å². The van der Waals surface area contributed by atoms with Crippen molar-refractivity contribution in [3.05, 3.63) is 96.3 Å². The molecule has 0 saturated heterocycles. The molecule has 1 saturated carbocycles. The van der Waals surface area contributed by atoms with Gasteiger partial charge in [0.2, 0.25) is 5.91 Å². The normalized spacial score (nSPS) is 13.0. The third-order valence-corrected chi connectivity index (χ3v) is 6.27. The van der Waals surface area contributed by atoms with Crippen molar-refractivity contribution in [2.75, 3.05) is 11.1 Å². The molecule has 1 N–H and O–H groups in total. The van der Waals surface area contributed by atoms with Crippen LogP contribution in [0.5, 0.6) is 11.5 Å². The predicted octanol–water partition coefficient (Wildman–Crippen LogP) is 5.73. The molecule has 0 aliphatic heterocycles. The van der Waals surface area contributed by atoms with Gasteiger partial charge in [0.05, 0.1) is 12.3 Å². The second-order valence-corrected chi connectivity index (χ2v) is 8.91. The Kier molecular flexibility index (Phi) is 6.39. The van der Waals surface area contributed by atoms with Gasteiger partial charge in [-0.2, -0.15) is 0 Å². The Morgan fingerprint density at radius 1 is 0.939 bits per heavy atom. The highest BCUT2D eigenvalue weighted by molar-refractivity contribution is 7.99. The number of thioether (sulfide) groups is 1. The van der Waals surface area contributed by atoms with Crippen molar-refractivity contribution in [2.24, 2.45) is 0 Å². The zero-order valence-corrected chi connectivity index (χ0v) is 18.9. The van der Waals surface area contributed by atoms with Crippen molar-refractivity contribution >= 4 is 23.4 Å². The first-order chi connectivity index (χ1) is 16.2. The summed E-state index contributed by atoms with van der Waals surface area (Å²) in [5.41, 5.74) is 1.89. The largest absolute Gasteiger partial charge is 0.457 e. The SMILES string of the molecule is O=C(CSc1nnc(C2CC2)n1Cc1ccccc1)Nc1cccc(Oc2ccccc2)c1. The average Bonchev–Trinajstić information content (AvgIpc) is 3.61. The molecule has 0 unspecified atom stereocenters. The van der Waals surface area contributed by atoms with Gasteiger partial charge in [-0.3, -0.25) is 4.79 Å². The van der Waals surface area contributed by atoms with Crippen LogP contribution in [0.15, 0.2) is 90.1 Å². The Balaban J connectivity index is 1.22. The summed E-state index contributed by atoms with van der Waals surface area (Å²) in [7, 11) is 0. The van der Waals surface area contributed by atoms with Gasteiger partial charge in [0.15, 0.2) is 5.16 Å². The van der Waals surface area contributed by atoms with Crippen molar-refractivity contribution in [2.45, 2.75) is 30.5 Å². The molecule has 33 heavy (non-hydrogen) atoms. The number of rotatable bonds is 9. The third-order valence-electron chi connectivity index (χ3n) is 5.30. The molecule has 0 radical (unpaired) electrons. The first-order valence-corrected chi connectivity index (χ1v) is 12.0. The molecular weight excluding hydrogens is 432 g/mol. The van der Waals surface area contributed by atoms with Gasteiger partial charge in [0, 0.05) is 17.7 Å². The van der Waals surface area contributed by atoms with Crippen LogP contribution >= 0.6 is 11.8 Å². The minimum atomic E-state index is -0.0981. The van der Waals surface area contributed by atoms with Gasteiger partial charge >= 0.3 is 0 Å². The molecule has 1 aromatic heterocycles. The van der Waals surface area contributed by atoms with E-state index in [4.69, 9.17) is 4.74 Å². The zero-order chi connectivity index (χ0) is 22.5. The van der Waals surface area contributed by atoms with Crippen molar-refractivity contribution in [1.29, 1.82) is 0 Å². The second kappa shape index (κ2) is 9.92. The van der Waals surface area contributed by atoms with Crippen LogP contribution < -0.4 is 10.1 Å². The molecule has 166 valence electrons. The summed E-state index contributed by atoms with van der Waals surface area (Å²) in [5, 5.41) is 12.5. The molecule has 1 aliphatic rings. The fourth-order valence-corrected chi connectivity index (χ4v) is 4.30. The van der Waals surface area contributed by atoms with Crippen molar-refractivity contribution < 1.29 is 9.53 Å². The first-order valence-electron chi connectivity index (χ1n) is 11.0. The van der Waals surface area contributed by atoms with Crippen LogP contribution in [-0.2, 0) is 11.3 Å². The molecule has 1 amide bonds. The van der Waals surface area contributed by atoms with E-state index >= 15 is 0 Å². The van der Waals surface area contributed by atoms with Crippen molar-refractivity contribution in [1.82, 2.24) is 14.8 Å². The van der Waals surface area contributed by atoms with Crippen LogP contribution in [0.4, 0.5) is 5.69 Å². The maximum Gasteiger partial charge on any atom is 0.234 e.